The number of unbranched alkanes of at least 4 members (excludes halogenated alkanes) is 1. The van der Waals surface area contributed by atoms with E-state index in [-0.39, 0.29) is 12.4 Å². The molecule has 0 atom stereocenters. The van der Waals surface area contributed by atoms with Crippen LogP contribution in [0.2, 0.25) is 0 Å². The molecule has 0 bridgehead atoms. The lowest BCUT2D eigenvalue weighted by Crippen LogP contribution is -1.86. The molecule has 0 aliphatic heterocycles. The van der Waals surface area contributed by atoms with Crippen molar-refractivity contribution in [2.75, 3.05) is 13.7 Å². The van der Waals surface area contributed by atoms with Crippen molar-refractivity contribution in [3.05, 3.63) is 29.8 Å². The van der Waals surface area contributed by atoms with Gasteiger partial charge in [0.2, 0.25) is 0 Å². The summed E-state index contributed by atoms with van der Waals surface area (Å²) in [6.45, 7) is 3.09. The van der Waals surface area contributed by atoms with E-state index in [0.717, 1.165) is 24.3 Å². The average Bonchev–Trinajstić information content (AvgIpc) is 2.25. The van der Waals surface area contributed by atoms with Crippen LogP contribution in [-0.4, -0.2) is 19.9 Å². The van der Waals surface area contributed by atoms with Gasteiger partial charge in [-0.1, -0.05) is 13.3 Å². The van der Waals surface area contributed by atoms with E-state index in [1.54, 1.807) is 7.11 Å². The molecular formula is C12H18ClNO. The lowest BCUT2D eigenvalue weighted by molar-refractivity contribution is 0.415. The van der Waals surface area contributed by atoms with Crippen molar-refractivity contribution in [2.45, 2.75) is 19.8 Å². The lowest BCUT2D eigenvalue weighted by Gasteiger charge is -1.98. The Morgan fingerprint density at radius 1 is 1.27 bits per heavy atom. The molecule has 0 radical (unpaired) electrons. The topological polar surface area (TPSA) is 21.6 Å². The highest BCUT2D eigenvalue weighted by Crippen LogP contribution is 2.09. The normalized spacial score (nSPS) is 10.0. The second-order valence-electron chi connectivity index (χ2n) is 3.16. The summed E-state index contributed by atoms with van der Waals surface area (Å²) < 4.78 is 5.07. The number of hydrogen-bond donors (Lipinski definition) is 0. The largest absolute Gasteiger partial charge is 0.497 e. The molecule has 0 unspecified atom stereocenters. The van der Waals surface area contributed by atoms with Gasteiger partial charge in [0.15, 0.2) is 0 Å². The highest BCUT2D eigenvalue weighted by molar-refractivity contribution is 5.85. The fraction of sp³-hybridized carbons (Fsp3) is 0.417. The van der Waals surface area contributed by atoms with E-state index >= 15 is 0 Å². The number of halogens is 1. The molecule has 1 rings (SSSR count). The Bertz CT molecular complexity index is 282. The molecule has 15 heavy (non-hydrogen) atoms. The van der Waals surface area contributed by atoms with E-state index in [2.05, 4.69) is 11.9 Å². The summed E-state index contributed by atoms with van der Waals surface area (Å²) in [6, 6.07) is 7.91. The lowest BCUT2D eigenvalue weighted by atomic mass is 10.2. The summed E-state index contributed by atoms with van der Waals surface area (Å²) in [5.74, 6) is 0.885. The Hall–Kier alpha value is -1.02. The van der Waals surface area contributed by atoms with E-state index in [1.165, 1.54) is 6.42 Å². The molecule has 0 aliphatic carbocycles. The molecule has 0 N–H and O–H groups in total. The van der Waals surface area contributed by atoms with Crippen LogP contribution in [0.25, 0.3) is 0 Å². The number of rotatable bonds is 5. The molecule has 1 aromatic rings. The van der Waals surface area contributed by atoms with Crippen LogP contribution < -0.4 is 4.74 Å². The zero-order valence-electron chi connectivity index (χ0n) is 9.27. The van der Waals surface area contributed by atoms with E-state index < -0.39 is 0 Å². The third-order valence-electron chi connectivity index (χ3n) is 2.00. The van der Waals surface area contributed by atoms with Gasteiger partial charge in [0.25, 0.3) is 0 Å². The maximum atomic E-state index is 5.07. The average molecular weight is 228 g/mol. The summed E-state index contributed by atoms with van der Waals surface area (Å²) in [5, 5.41) is 0. The van der Waals surface area contributed by atoms with Gasteiger partial charge in [-0.2, -0.15) is 0 Å². The van der Waals surface area contributed by atoms with Crippen molar-refractivity contribution in [1.29, 1.82) is 0 Å². The minimum atomic E-state index is 0. The van der Waals surface area contributed by atoms with Crippen LogP contribution in [0, 0.1) is 0 Å². The van der Waals surface area contributed by atoms with Crippen LogP contribution in [-0.2, 0) is 0 Å². The van der Waals surface area contributed by atoms with Crippen LogP contribution in [0.15, 0.2) is 29.3 Å². The zero-order valence-corrected chi connectivity index (χ0v) is 10.1. The Balaban J connectivity index is 0.00000196. The van der Waals surface area contributed by atoms with E-state index in [9.17, 15) is 0 Å². The highest BCUT2D eigenvalue weighted by atomic mass is 35.5. The molecule has 1 aromatic carbocycles. The predicted molar refractivity (Wildman–Crippen MR) is 67.6 cm³/mol. The van der Waals surface area contributed by atoms with Crippen LogP contribution >= 0.6 is 12.4 Å². The monoisotopic (exact) mass is 227 g/mol. The summed E-state index contributed by atoms with van der Waals surface area (Å²) in [5.41, 5.74) is 1.13. The van der Waals surface area contributed by atoms with Crippen LogP contribution in [0.3, 0.4) is 0 Å². The molecule has 3 heteroatoms. The Kier molecular flexibility index (Phi) is 7.74. The van der Waals surface area contributed by atoms with Gasteiger partial charge in [-0.15, -0.1) is 12.4 Å². The molecule has 0 saturated heterocycles. The Morgan fingerprint density at radius 2 is 1.93 bits per heavy atom. The van der Waals surface area contributed by atoms with Crippen molar-refractivity contribution in [1.82, 2.24) is 0 Å². The fourth-order valence-corrected chi connectivity index (χ4v) is 1.11. The SMILES string of the molecule is CCCCN=Cc1ccc(OC)cc1.Cl. The van der Waals surface area contributed by atoms with Crippen LogP contribution in [0.1, 0.15) is 25.3 Å². The summed E-state index contributed by atoms with van der Waals surface area (Å²) in [6.07, 6.45) is 4.27. The van der Waals surface area contributed by atoms with Gasteiger partial charge in [-0.25, -0.2) is 0 Å². The van der Waals surface area contributed by atoms with Gasteiger partial charge < -0.3 is 4.74 Å². The van der Waals surface area contributed by atoms with Crippen molar-refractivity contribution < 1.29 is 4.74 Å². The standard InChI is InChI=1S/C12H17NO.ClH/c1-3-4-9-13-10-11-5-7-12(14-2)8-6-11;/h5-8,10H,3-4,9H2,1-2H3;1H. The van der Waals surface area contributed by atoms with Crippen molar-refractivity contribution >= 4 is 18.6 Å². The maximum Gasteiger partial charge on any atom is 0.118 e. The van der Waals surface area contributed by atoms with Gasteiger partial charge in [-0.3, -0.25) is 4.99 Å². The molecular weight excluding hydrogens is 210 g/mol. The smallest absolute Gasteiger partial charge is 0.118 e. The highest BCUT2D eigenvalue weighted by Gasteiger charge is 1.89. The number of ether oxygens (including phenoxy) is 1. The molecule has 0 aliphatic rings. The number of benzene rings is 1. The number of nitrogens with zero attached hydrogens (tertiary/aromatic N) is 1. The van der Waals surface area contributed by atoms with Gasteiger partial charge >= 0.3 is 0 Å². The first kappa shape index (κ1) is 14.0. The quantitative estimate of drug-likeness (QED) is 0.559. The molecule has 0 heterocycles. The second-order valence-corrected chi connectivity index (χ2v) is 3.16. The third-order valence-corrected chi connectivity index (χ3v) is 2.00. The van der Waals surface area contributed by atoms with E-state index in [1.807, 2.05) is 30.5 Å². The molecule has 2 nitrogen and oxygen atoms in total. The summed E-state index contributed by atoms with van der Waals surface area (Å²) in [4.78, 5) is 4.32. The Labute approximate surface area is 97.8 Å². The van der Waals surface area contributed by atoms with Crippen molar-refractivity contribution in [3.63, 3.8) is 0 Å². The minimum absolute atomic E-state index is 0. The minimum Gasteiger partial charge on any atom is -0.497 e. The van der Waals surface area contributed by atoms with Gasteiger partial charge in [0.05, 0.1) is 7.11 Å². The predicted octanol–water partition coefficient (Wildman–Crippen LogP) is 3.34. The molecule has 0 saturated carbocycles. The maximum absolute atomic E-state index is 5.07. The first-order valence-electron chi connectivity index (χ1n) is 5.00. The number of hydrogen-bond acceptors (Lipinski definition) is 2. The molecule has 0 fully saturated rings. The zero-order chi connectivity index (χ0) is 10.2. The van der Waals surface area contributed by atoms with E-state index in [4.69, 9.17) is 4.74 Å². The molecule has 84 valence electrons. The molecule has 0 amide bonds. The van der Waals surface area contributed by atoms with Crippen molar-refractivity contribution in [3.8, 4) is 5.75 Å². The van der Waals surface area contributed by atoms with Crippen LogP contribution in [0.5, 0.6) is 5.75 Å². The third kappa shape index (κ3) is 5.43. The second kappa shape index (κ2) is 8.30. The number of methoxy groups -OCH3 is 1. The van der Waals surface area contributed by atoms with Gasteiger partial charge in [0.1, 0.15) is 5.75 Å². The first-order chi connectivity index (χ1) is 6.86. The summed E-state index contributed by atoms with van der Waals surface area (Å²) >= 11 is 0. The van der Waals surface area contributed by atoms with Crippen molar-refractivity contribution in [2.24, 2.45) is 4.99 Å². The van der Waals surface area contributed by atoms with Crippen LogP contribution in [0.4, 0.5) is 0 Å². The number of aliphatic imine (C=N–C) groups is 1. The summed E-state index contributed by atoms with van der Waals surface area (Å²) in [7, 11) is 1.67. The van der Waals surface area contributed by atoms with Gasteiger partial charge in [-0.05, 0) is 36.2 Å². The Morgan fingerprint density at radius 3 is 2.47 bits per heavy atom. The fourth-order valence-electron chi connectivity index (χ4n) is 1.11. The van der Waals surface area contributed by atoms with Gasteiger partial charge in [0, 0.05) is 12.8 Å². The molecule has 0 aromatic heterocycles. The molecule has 0 spiro atoms. The first-order valence-corrected chi connectivity index (χ1v) is 5.00. The van der Waals surface area contributed by atoms with E-state index in [0.29, 0.717) is 0 Å².